The first kappa shape index (κ1) is 19.4. The Hall–Kier alpha value is -1.95. The number of fused-ring (bicyclic) bond motifs is 2. The molecule has 2 aliphatic heterocycles. The lowest BCUT2D eigenvalue weighted by molar-refractivity contribution is -0.922. The lowest BCUT2D eigenvalue weighted by Gasteiger charge is -2.43. The number of benzene rings is 2. The van der Waals surface area contributed by atoms with Gasteiger partial charge in [-0.25, -0.2) is 0 Å². The van der Waals surface area contributed by atoms with Crippen LogP contribution < -0.4 is 14.2 Å². The smallest absolute Gasteiger partial charge is 0.231 e. The predicted octanol–water partition coefficient (Wildman–Crippen LogP) is 4.68. The lowest BCUT2D eigenvalue weighted by atomic mass is 9.86. The molecule has 0 bridgehead atoms. The van der Waals surface area contributed by atoms with E-state index >= 15 is 0 Å². The topological polar surface area (TPSA) is 44.8 Å². The van der Waals surface area contributed by atoms with Crippen molar-refractivity contribution < 1.29 is 23.5 Å². The van der Waals surface area contributed by atoms with Gasteiger partial charge in [-0.15, -0.1) is 0 Å². The number of hydrogen-bond donors (Lipinski definition) is 0. The van der Waals surface area contributed by atoms with Gasteiger partial charge in [0, 0.05) is 17.0 Å². The highest BCUT2D eigenvalue weighted by atomic mass is 35.5. The molecule has 0 aromatic heterocycles. The van der Waals surface area contributed by atoms with Gasteiger partial charge in [0.1, 0.15) is 6.04 Å². The molecule has 0 unspecified atom stereocenters. The van der Waals surface area contributed by atoms with Gasteiger partial charge in [-0.3, -0.25) is 4.79 Å². The van der Waals surface area contributed by atoms with Crippen LogP contribution >= 0.6 is 23.2 Å². The van der Waals surface area contributed by atoms with Gasteiger partial charge in [0.2, 0.25) is 12.5 Å². The second-order valence-electron chi connectivity index (χ2n) is 7.74. The molecule has 2 aliphatic rings. The lowest BCUT2D eigenvalue weighted by Crippen LogP contribution is -2.48. The molecule has 0 fully saturated rings. The highest BCUT2D eigenvalue weighted by molar-refractivity contribution is 6.35. The van der Waals surface area contributed by atoms with E-state index < -0.39 is 0 Å². The van der Waals surface area contributed by atoms with E-state index in [-0.39, 0.29) is 25.0 Å². The molecule has 0 amide bonds. The van der Waals surface area contributed by atoms with Crippen LogP contribution in [0.3, 0.4) is 0 Å². The maximum absolute atomic E-state index is 13.2. The number of hydrogen-bond acceptors (Lipinski definition) is 4. The Balaban J connectivity index is 1.79. The van der Waals surface area contributed by atoms with Crippen LogP contribution in [0.15, 0.2) is 24.3 Å². The first-order chi connectivity index (χ1) is 13.3. The van der Waals surface area contributed by atoms with Crippen LogP contribution in [-0.4, -0.2) is 44.8 Å². The summed E-state index contributed by atoms with van der Waals surface area (Å²) in [5.41, 5.74) is 2.59. The van der Waals surface area contributed by atoms with Crippen molar-refractivity contribution in [2.45, 2.75) is 18.9 Å². The number of quaternary nitrogens is 1. The molecule has 28 heavy (non-hydrogen) atoms. The van der Waals surface area contributed by atoms with Crippen molar-refractivity contribution in [3.05, 3.63) is 51.0 Å². The second-order valence-corrected chi connectivity index (χ2v) is 8.58. The van der Waals surface area contributed by atoms with Crippen LogP contribution in [0.25, 0.3) is 0 Å². The average molecular weight is 423 g/mol. The minimum Gasteiger partial charge on any atom is -0.492 e. The molecule has 0 saturated carbocycles. The number of likely N-dealkylation sites (N-methyl/N-ethyl adjacent to an activating group) is 1. The third-order valence-electron chi connectivity index (χ3n) is 5.69. The molecular weight excluding hydrogens is 401 g/mol. The summed E-state index contributed by atoms with van der Waals surface area (Å²) in [6.45, 7) is 1.07. The number of carbonyl (C=O) groups excluding carboxylic acids is 1. The van der Waals surface area contributed by atoms with E-state index in [0.717, 1.165) is 24.1 Å². The average Bonchev–Trinajstić information content (AvgIpc) is 3.12. The summed E-state index contributed by atoms with van der Waals surface area (Å²) < 4.78 is 17.6. The van der Waals surface area contributed by atoms with Gasteiger partial charge in [0.25, 0.3) is 0 Å². The van der Waals surface area contributed by atoms with Crippen molar-refractivity contribution in [3.63, 3.8) is 0 Å². The van der Waals surface area contributed by atoms with E-state index in [2.05, 4.69) is 14.1 Å². The summed E-state index contributed by atoms with van der Waals surface area (Å²) in [5.74, 6) is 1.93. The highest BCUT2D eigenvalue weighted by Gasteiger charge is 2.42. The molecule has 0 radical (unpaired) electrons. The normalized spacial score (nSPS) is 19.2. The molecule has 0 saturated heterocycles. The number of halogens is 2. The number of Topliss-reactive ketones (excluding diaryl/α,β-unsaturated/α-hetero) is 1. The Kier molecular flexibility index (Phi) is 4.94. The standard InChI is InChI=1S/C21H22Cl2NO4/c1-24(2)7-6-12-8-18-20(28-11-27-18)21(26-3)19(12)16(24)10-17(25)14-9-13(22)4-5-15(14)23/h4-5,8-9,16H,6-7,10-11H2,1-3H3/q+1/t16-/m0/s1. The third kappa shape index (κ3) is 3.21. The largest absolute Gasteiger partial charge is 0.492 e. The predicted molar refractivity (Wildman–Crippen MR) is 108 cm³/mol. The van der Waals surface area contributed by atoms with Crippen molar-refractivity contribution in [2.24, 2.45) is 0 Å². The van der Waals surface area contributed by atoms with Gasteiger partial charge in [0.15, 0.2) is 17.3 Å². The fraction of sp³-hybridized carbons (Fsp3) is 0.381. The molecule has 2 aromatic carbocycles. The van der Waals surface area contributed by atoms with Crippen LogP contribution in [-0.2, 0) is 6.42 Å². The molecule has 0 aliphatic carbocycles. The fourth-order valence-electron chi connectivity index (χ4n) is 4.11. The molecule has 1 atom stereocenters. The first-order valence-corrected chi connectivity index (χ1v) is 9.87. The molecule has 2 aromatic rings. The number of rotatable bonds is 4. The van der Waals surface area contributed by atoms with Gasteiger partial charge >= 0.3 is 0 Å². The van der Waals surface area contributed by atoms with Gasteiger partial charge in [-0.1, -0.05) is 23.2 Å². The number of nitrogens with zero attached hydrogens (tertiary/aromatic N) is 1. The zero-order chi connectivity index (χ0) is 20.1. The third-order valence-corrected chi connectivity index (χ3v) is 6.25. The van der Waals surface area contributed by atoms with Crippen LogP contribution in [0.1, 0.15) is 33.9 Å². The summed E-state index contributed by atoms with van der Waals surface area (Å²) >= 11 is 12.4. The Morgan fingerprint density at radius 1 is 1.25 bits per heavy atom. The van der Waals surface area contributed by atoms with Crippen LogP contribution in [0.5, 0.6) is 17.2 Å². The summed E-state index contributed by atoms with van der Waals surface area (Å²) in [6, 6.07) is 6.89. The molecule has 4 rings (SSSR count). The monoisotopic (exact) mass is 422 g/mol. The number of carbonyl (C=O) groups is 1. The second kappa shape index (κ2) is 7.14. The van der Waals surface area contributed by atoms with Crippen LogP contribution in [0, 0.1) is 0 Å². The van der Waals surface area contributed by atoms with Crippen molar-refractivity contribution >= 4 is 29.0 Å². The van der Waals surface area contributed by atoms with Crippen molar-refractivity contribution in [3.8, 4) is 17.2 Å². The van der Waals surface area contributed by atoms with Gasteiger partial charge in [-0.05, 0) is 29.8 Å². The van der Waals surface area contributed by atoms with E-state index in [0.29, 0.717) is 37.3 Å². The van der Waals surface area contributed by atoms with Crippen LogP contribution in [0.2, 0.25) is 10.0 Å². The van der Waals surface area contributed by atoms with E-state index in [1.807, 2.05) is 6.07 Å². The number of ketones is 1. The quantitative estimate of drug-likeness (QED) is 0.529. The van der Waals surface area contributed by atoms with Gasteiger partial charge in [-0.2, -0.15) is 0 Å². The Morgan fingerprint density at radius 2 is 2.04 bits per heavy atom. The summed E-state index contributed by atoms with van der Waals surface area (Å²) in [4.78, 5) is 13.2. The molecule has 0 spiro atoms. The fourth-order valence-corrected chi connectivity index (χ4v) is 4.51. The number of methoxy groups -OCH3 is 1. The molecule has 0 N–H and O–H groups in total. The van der Waals surface area contributed by atoms with Crippen LogP contribution in [0.4, 0.5) is 0 Å². The minimum atomic E-state index is -0.101. The minimum absolute atomic E-state index is 0.0451. The first-order valence-electron chi connectivity index (χ1n) is 9.12. The maximum Gasteiger partial charge on any atom is 0.231 e. The maximum atomic E-state index is 13.2. The van der Waals surface area contributed by atoms with E-state index in [9.17, 15) is 4.79 Å². The van der Waals surface area contributed by atoms with Crippen molar-refractivity contribution in [2.75, 3.05) is 34.5 Å². The SMILES string of the molecule is COc1c2c(cc3c1[C@H](CC(=O)c1cc(Cl)ccc1Cl)[N+](C)(C)CC3)OCO2. The highest BCUT2D eigenvalue weighted by Crippen LogP contribution is 2.51. The summed E-state index contributed by atoms with van der Waals surface area (Å²) in [7, 11) is 5.88. The van der Waals surface area contributed by atoms with E-state index in [1.54, 1.807) is 25.3 Å². The Morgan fingerprint density at radius 3 is 2.79 bits per heavy atom. The summed E-state index contributed by atoms with van der Waals surface area (Å²) in [6.07, 6.45) is 1.16. The Bertz CT molecular complexity index is 958. The van der Waals surface area contributed by atoms with E-state index in [1.165, 1.54) is 0 Å². The Labute approximate surface area is 174 Å². The van der Waals surface area contributed by atoms with Crippen molar-refractivity contribution in [1.29, 1.82) is 0 Å². The number of ether oxygens (including phenoxy) is 3. The zero-order valence-corrected chi connectivity index (χ0v) is 17.6. The zero-order valence-electron chi connectivity index (χ0n) is 16.1. The van der Waals surface area contributed by atoms with Crippen molar-refractivity contribution in [1.82, 2.24) is 0 Å². The van der Waals surface area contributed by atoms with E-state index in [4.69, 9.17) is 37.4 Å². The molecule has 2 heterocycles. The molecule has 148 valence electrons. The van der Waals surface area contributed by atoms with Gasteiger partial charge in [0.05, 0.1) is 44.8 Å². The van der Waals surface area contributed by atoms with Gasteiger partial charge < -0.3 is 18.7 Å². The summed E-state index contributed by atoms with van der Waals surface area (Å²) in [5, 5.41) is 0.903. The molecule has 7 heteroatoms. The molecule has 5 nitrogen and oxygen atoms in total. The molecular formula is C21H22Cl2NO4+.